The molecule has 82 valence electrons. The van der Waals surface area contributed by atoms with Crippen molar-refractivity contribution in [2.45, 2.75) is 46.0 Å². The molecule has 0 saturated heterocycles. The monoisotopic (exact) mass is 202 g/mol. The first-order valence-corrected chi connectivity index (χ1v) is 6.03. The Balaban J connectivity index is 2.24. The maximum atomic E-state index is 2.32. The molecule has 0 unspecified atom stereocenters. The second-order valence-electron chi connectivity index (χ2n) is 4.16. The quantitative estimate of drug-likeness (QED) is 0.464. The zero-order chi connectivity index (χ0) is 10.9. The normalized spacial score (nSPS) is 11.1. The van der Waals surface area contributed by atoms with Gasteiger partial charge in [-0.2, -0.15) is 0 Å². The van der Waals surface area contributed by atoms with E-state index in [1.165, 1.54) is 36.8 Å². The summed E-state index contributed by atoms with van der Waals surface area (Å²) < 4.78 is 0. The Hall–Kier alpha value is -1.04. The molecule has 0 aliphatic rings. The van der Waals surface area contributed by atoms with Gasteiger partial charge < -0.3 is 0 Å². The summed E-state index contributed by atoms with van der Waals surface area (Å²) in [5.41, 5.74) is 2.77. The second-order valence-corrected chi connectivity index (χ2v) is 4.16. The van der Waals surface area contributed by atoms with Crippen molar-refractivity contribution in [1.29, 1.82) is 0 Å². The van der Waals surface area contributed by atoms with Gasteiger partial charge in [0, 0.05) is 0 Å². The molecule has 0 heteroatoms. The van der Waals surface area contributed by atoms with Gasteiger partial charge in [-0.1, -0.05) is 61.7 Å². The minimum absolute atomic E-state index is 1.08. The molecule has 0 nitrogen and oxygen atoms in total. The lowest BCUT2D eigenvalue weighted by molar-refractivity contribution is 0.728. The third kappa shape index (κ3) is 5.41. The minimum atomic E-state index is 1.08. The lowest BCUT2D eigenvalue weighted by atomic mass is 10.1. The van der Waals surface area contributed by atoms with Gasteiger partial charge in [-0.05, 0) is 31.7 Å². The molecule has 0 radical (unpaired) electrons. The molecule has 0 aromatic heterocycles. The molecule has 0 fully saturated rings. The molecule has 0 saturated carbocycles. The Bertz CT molecular complexity index is 297. The van der Waals surface area contributed by atoms with Gasteiger partial charge in [0.1, 0.15) is 0 Å². The van der Waals surface area contributed by atoms with E-state index in [0.717, 1.165) is 6.42 Å². The average Bonchev–Trinajstić information content (AvgIpc) is 2.23. The predicted molar refractivity (Wildman–Crippen MR) is 68.2 cm³/mol. The van der Waals surface area contributed by atoms with Gasteiger partial charge in [-0.15, -0.1) is 0 Å². The highest BCUT2D eigenvalue weighted by Gasteiger charge is 1.89. The molecular formula is C15H22. The summed E-state index contributed by atoms with van der Waals surface area (Å²) in [5.74, 6) is 0. The van der Waals surface area contributed by atoms with E-state index in [2.05, 4.69) is 50.3 Å². The van der Waals surface area contributed by atoms with Crippen LogP contribution in [-0.2, 0) is 6.42 Å². The number of allylic oxidation sites excluding steroid dienone is 2. The van der Waals surface area contributed by atoms with Gasteiger partial charge in [-0.3, -0.25) is 0 Å². The summed E-state index contributed by atoms with van der Waals surface area (Å²) in [6.45, 7) is 4.39. The number of hydrogen-bond acceptors (Lipinski definition) is 0. The van der Waals surface area contributed by atoms with Crippen molar-refractivity contribution >= 4 is 0 Å². The standard InChI is InChI=1S/C15H22/c1-3-4-5-6-7-8-11-15-12-9-10-14(2)13-15/h7-10,12-13H,3-6,11H2,1-2H3/b8-7-. The van der Waals surface area contributed by atoms with E-state index < -0.39 is 0 Å². The zero-order valence-electron chi connectivity index (χ0n) is 10.00. The lowest BCUT2D eigenvalue weighted by Crippen LogP contribution is -1.81. The Morgan fingerprint density at radius 3 is 2.73 bits per heavy atom. The lowest BCUT2D eigenvalue weighted by Gasteiger charge is -1.98. The predicted octanol–water partition coefficient (Wildman–Crippen LogP) is 4.67. The average molecular weight is 202 g/mol. The van der Waals surface area contributed by atoms with Crippen LogP contribution in [0.3, 0.4) is 0 Å². The first-order chi connectivity index (χ1) is 7.33. The van der Waals surface area contributed by atoms with E-state index in [1.807, 2.05) is 0 Å². The van der Waals surface area contributed by atoms with Crippen molar-refractivity contribution in [3.8, 4) is 0 Å². The maximum Gasteiger partial charge on any atom is -0.00974 e. The third-order valence-corrected chi connectivity index (χ3v) is 2.58. The topological polar surface area (TPSA) is 0 Å². The van der Waals surface area contributed by atoms with E-state index in [-0.39, 0.29) is 0 Å². The van der Waals surface area contributed by atoms with Crippen LogP contribution in [0.2, 0.25) is 0 Å². The van der Waals surface area contributed by atoms with Gasteiger partial charge in [-0.25, -0.2) is 0 Å². The highest BCUT2D eigenvalue weighted by atomic mass is 13.9. The minimum Gasteiger partial charge on any atom is -0.0882 e. The van der Waals surface area contributed by atoms with Crippen LogP contribution >= 0.6 is 0 Å². The summed E-state index contributed by atoms with van der Waals surface area (Å²) in [6, 6.07) is 8.74. The Kier molecular flexibility index (Phi) is 5.84. The summed E-state index contributed by atoms with van der Waals surface area (Å²) in [6.07, 6.45) is 10.9. The van der Waals surface area contributed by atoms with Gasteiger partial charge in [0.25, 0.3) is 0 Å². The molecule has 0 spiro atoms. The van der Waals surface area contributed by atoms with E-state index in [1.54, 1.807) is 0 Å². The summed E-state index contributed by atoms with van der Waals surface area (Å²) in [5, 5.41) is 0. The second kappa shape index (κ2) is 7.28. The zero-order valence-corrected chi connectivity index (χ0v) is 10.00. The molecule has 0 bridgehead atoms. The highest BCUT2D eigenvalue weighted by Crippen LogP contribution is 2.06. The molecule has 0 amide bonds. The van der Waals surface area contributed by atoms with Crippen molar-refractivity contribution in [3.05, 3.63) is 47.5 Å². The number of hydrogen-bond donors (Lipinski definition) is 0. The number of aryl methyl sites for hydroxylation is 1. The molecule has 1 rings (SSSR count). The van der Waals surface area contributed by atoms with Crippen LogP contribution in [0.1, 0.15) is 43.7 Å². The Morgan fingerprint density at radius 1 is 1.13 bits per heavy atom. The molecule has 1 aromatic rings. The first kappa shape index (κ1) is 12.0. The SMILES string of the molecule is CCCCC/C=C\Cc1cccc(C)c1. The molecule has 0 aliphatic carbocycles. The van der Waals surface area contributed by atoms with Gasteiger partial charge >= 0.3 is 0 Å². The molecule has 0 aliphatic heterocycles. The molecule has 0 heterocycles. The fraction of sp³-hybridized carbons (Fsp3) is 0.467. The van der Waals surface area contributed by atoms with Crippen molar-refractivity contribution in [2.24, 2.45) is 0 Å². The van der Waals surface area contributed by atoms with Crippen molar-refractivity contribution in [1.82, 2.24) is 0 Å². The van der Waals surface area contributed by atoms with Crippen LogP contribution in [0.5, 0.6) is 0 Å². The number of rotatable bonds is 6. The highest BCUT2D eigenvalue weighted by molar-refractivity contribution is 5.23. The van der Waals surface area contributed by atoms with Crippen molar-refractivity contribution in [3.63, 3.8) is 0 Å². The Labute approximate surface area is 94.0 Å². The van der Waals surface area contributed by atoms with E-state index in [4.69, 9.17) is 0 Å². The van der Waals surface area contributed by atoms with E-state index >= 15 is 0 Å². The smallest absolute Gasteiger partial charge is 0.00974 e. The van der Waals surface area contributed by atoms with Crippen LogP contribution in [0.25, 0.3) is 0 Å². The van der Waals surface area contributed by atoms with Crippen LogP contribution in [0, 0.1) is 6.92 Å². The van der Waals surface area contributed by atoms with Crippen molar-refractivity contribution in [2.75, 3.05) is 0 Å². The van der Waals surface area contributed by atoms with Gasteiger partial charge in [0.2, 0.25) is 0 Å². The fourth-order valence-electron chi connectivity index (χ4n) is 1.69. The van der Waals surface area contributed by atoms with Gasteiger partial charge in [0.15, 0.2) is 0 Å². The van der Waals surface area contributed by atoms with Crippen LogP contribution < -0.4 is 0 Å². The summed E-state index contributed by atoms with van der Waals surface area (Å²) in [7, 11) is 0. The van der Waals surface area contributed by atoms with Crippen molar-refractivity contribution < 1.29 is 0 Å². The van der Waals surface area contributed by atoms with Gasteiger partial charge in [0.05, 0.1) is 0 Å². The van der Waals surface area contributed by atoms with E-state index in [9.17, 15) is 0 Å². The van der Waals surface area contributed by atoms with E-state index in [0.29, 0.717) is 0 Å². The first-order valence-electron chi connectivity index (χ1n) is 6.03. The summed E-state index contributed by atoms with van der Waals surface area (Å²) >= 11 is 0. The molecule has 0 atom stereocenters. The van der Waals surface area contributed by atoms with Crippen LogP contribution in [0.15, 0.2) is 36.4 Å². The molecule has 1 aromatic carbocycles. The largest absolute Gasteiger partial charge is 0.0882 e. The number of unbranched alkanes of at least 4 members (excludes halogenated alkanes) is 3. The van der Waals surface area contributed by atoms with Crippen LogP contribution in [0.4, 0.5) is 0 Å². The molecular weight excluding hydrogens is 180 g/mol. The Morgan fingerprint density at radius 2 is 2.00 bits per heavy atom. The van der Waals surface area contributed by atoms with Crippen LogP contribution in [-0.4, -0.2) is 0 Å². The molecule has 0 N–H and O–H groups in total. The fourth-order valence-corrected chi connectivity index (χ4v) is 1.69. The molecule has 15 heavy (non-hydrogen) atoms. The number of benzene rings is 1. The third-order valence-electron chi connectivity index (χ3n) is 2.58. The summed E-state index contributed by atoms with van der Waals surface area (Å²) in [4.78, 5) is 0. The maximum absolute atomic E-state index is 2.32.